The SMILES string of the molecule is Cc1ccc(S(=O)(=O)NCc2ccco2)cc1C(=O)N1CCN(CC(=O)N2CCCCC2)CC1. The summed E-state index contributed by atoms with van der Waals surface area (Å²) in [6.07, 6.45) is 4.81. The molecule has 34 heavy (non-hydrogen) atoms. The highest BCUT2D eigenvalue weighted by Gasteiger charge is 2.27. The standard InChI is InChI=1S/C24H32N4O5S/c1-19-7-8-21(34(31,32)25-17-20-6-5-15-33-20)16-22(19)24(30)28-13-11-26(12-14-28)18-23(29)27-9-3-2-4-10-27/h5-8,15-16,25H,2-4,9-14,17-18H2,1H3. The highest BCUT2D eigenvalue weighted by Crippen LogP contribution is 2.19. The van der Waals surface area contributed by atoms with E-state index in [4.69, 9.17) is 4.42 Å². The van der Waals surface area contributed by atoms with Crippen LogP contribution in [0.3, 0.4) is 0 Å². The van der Waals surface area contributed by atoms with Gasteiger partial charge in [0.1, 0.15) is 5.76 Å². The number of benzene rings is 1. The zero-order valence-electron chi connectivity index (χ0n) is 19.5. The van der Waals surface area contributed by atoms with Gasteiger partial charge in [0.25, 0.3) is 5.91 Å². The van der Waals surface area contributed by atoms with Crippen LogP contribution >= 0.6 is 0 Å². The molecule has 1 N–H and O–H groups in total. The third-order valence-electron chi connectivity index (χ3n) is 6.49. The smallest absolute Gasteiger partial charge is 0.254 e. The molecule has 2 saturated heterocycles. The van der Waals surface area contributed by atoms with Crippen molar-refractivity contribution in [3.8, 4) is 0 Å². The molecule has 2 aliphatic rings. The van der Waals surface area contributed by atoms with Crippen LogP contribution in [0.5, 0.6) is 0 Å². The van der Waals surface area contributed by atoms with Gasteiger partial charge >= 0.3 is 0 Å². The van der Waals surface area contributed by atoms with Gasteiger partial charge < -0.3 is 14.2 Å². The summed E-state index contributed by atoms with van der Waals surface area (Å²) in [4.78, 5) is 31.6. The molecule has 2 amide bonds. The molecule has 0 saturated carbocycles. The van der Waals surface area contributed by atoms with Crippen LogP contribution in [0.15, 0.2) is 45.9 Å². The fraction of sp³-hybridized carbons (Fsp3) is 0.500. The molecule has 1 aromatic carbocycles. The van der Waals surface area contributed by atoms with Crippen LogP contribution in [0.25, 0.3) is 0 Å². The van der Waals surface area contributed by atoms with Crippen LogP contribution in [0.1, 0.15) is 40.9 Å². The molecule has 10 heteroatoms. The Balaban J connectivity index is 1.36. The second-order valence-corrected chi connectivity index (χ2v) is 10.7. The Bertz CT molecular complexity index is 1100. The van der Waals surface area contributed by atoms with E-state index in [-0.39, 0.29) is 23.3 Å². The maximum atomic E-state index is 13.2. The Morgan fingerprint density at radius 2 is 1.71 bits per heavy atom. The van der Waals surface area contributed by atoms with E-state index >= 15 is 0 Å². The number of nitrogens with one attached hydrogen (secondary N) is 1. The van der Waals surface area contributed by atoms with Crippen molar-refractivity contribution in [1.82, 2.24) is 19.4 Å². The number of hydrogen-bond donors (Lipinski definition) is 1. The van der Waals surface area contributed by atoms with Crippen LogP contribution in [-0.4, -0.2) is 80.7 Å². The van der Waals surface area contributed by atoms with Gasteiger partial charge in [-0.3, -0.25) is 14.5 Å². The van der Waals surface area contributed by atoms with E-state index in [9.17, 15) is 18.0 Å². The van der Waals surface area contributed by atoms with Crippen LogP contribution in [0.2, 0.25) is 0 Å². The second kappa shape index (κ2) is 10.7. The molecule has 2 aliphatic heterocycles. The lowest BCUT2D eigenvalue weighted by molar-refractivity contribution is -0.133. The van der Waals surface area contributed by atoms with E-state index in [0.29, 0.717) is 44.0 Å². The van der Waals surface area contributed by atoms with Crippen molar-refractivity contribution < 1.29 is 22.4 Å². The molecule has 0 unspecified atom stereocenters. The average molecular weight is 489 g/mol. The van der Waals surface area contributed by atoms with Crippen molar-refractivity contribution in [3.05, 3.63) is 53.5 Å². The van der Waals surface area contributed by atoms with Crippen molar-refractivity contribution >= 4 is 21.8 Å². The Kier molecular flexibility index (Phi) is 7.70. The van der Waals surface area contributed by atoms with Gasteiger partial charge in [0.05, 0.1) is 24.2 Å². The number of carbonyl (C=O) groups is 2. The molecule has 0 aliphatic carbocycles. The Labute approximate surface area is 200 Å². The molecule has 4 rings (SSSR count). The summed E-state index contributed by atoms with van der Waals surface area (Å²) < 4.78 is 33.2. The van der Waals surface area contributed by atoms with E-state index in [2.05, 4.69) is 9.62 Å². The van der Waals surface area contributed by atoms with E-state index in [1.165, 1.54) is 24.8 Å². The predicted octanol–water partition coefficient (Wildman–Crippen LogP) is 1.84. The number of hydrogen-bond acceptors (Lipinski definition) is 6. The lowest BCUT2D eigenvalue weighted by Gasteiger charge is -2.36. The van der Waals surface area contributed by atoms with Gasteiger partial charge in [0.2, 0.25) is 15.9 Å². The number of aryl methyl sites for hydroxylation is 1. The lowest BCUT2D eigenvalue weighted by Crippen LogP contribution is -2.52. The minimum atomic E-state index is -3.80. The largest absolute Gasteiger partial charge is 0.468 e. The highest BCUT2D eigenvalue weighted by atomic mass is 32.2. The fourth-order valence-corrected chi connectivity index (χ4v) is 5.39. The maximum Gasteiger partial charge on any atom is 0.254 e. The molecule has 0 radical (unpaired) electrons. The van der Waals surface area contributed by atoms with E-state index in [1.54, 1.807) is 30.0 Å². The third kappa shape index (κ3) is 5.86. The van der Waals surface area contributed by atoms with Crippen molar-refractivity contribution in [2.75, 3.05) is 45.8 Å². The summed E-state index contributed by atoms with van der Waals surface area (Å²) in [5.41, 5.74) is 1.09. The predicted molar refractivity (Wildman–Crippen MR) is 127 cm³/mol. The van der Waals surface area contributed by atoms with Gasteiger partial charge in [-0.2, -0.15) is 0 Å². The van der Waals surface area contributed by atoms with Crippen LogP contribution in [0.4, 0.5) is 0 Å². The number of amides is 2. The Morgan fingerprint density at radius 1 is 0.971 bits per heavy atom. The molecule has 9 nitrogen and oxygen atoms in total. The van der Waals surface area contributed by atoms with Crippen molar-refractivity contribution in [3.63, 3.8) is 0 Å². The average Bonchev–Trinajstić information content (AvgIpc) is 3.37. The van der Waals surface area contributed by atoms with Gasteiger partial charge in [0, 0.05) is 44.8 Å². The fourth-order valence-electron chi connectivity index (χ4n) is 4.38. The minimum absolute atomic E-state index is 0.0323. The highest BCUT2D eigenvalue weighted by molar-refractivity contribution is 7.89. The molecular weight excluding hydrogens is 456 g/mol. The number of likely N-dealkylation sites (tertiary alicyclic amines) is 1. The first-order valence-corrected chi connectivity index (χ1v) is 13.2. The first kappa shape index (κ1) is 24.4. The molecule has 0 bridgehead atoms. The molecule has 0 spiro atoms. The third-order valence-corrected chi connectivity index (χ3v) is 7.89. The van der Waals surface area contributed by atoms with Crippen LogP contribution < -0.4 is 4.72 Å². The number of rotatable bonds is 7. The van der Waals surface area contributed by atoms with Gasteiger partial charge in [0.15, 0.2) is 0 Å². The van der Waals surface area contributed by atoms with Crippen LogP contribution in [0, 0.1) is 6.92 Å². The summed E-state index contributed by atoms with van der Waals surface area (Å²) in [7, 11) is -3.80. The topological polar surface area (TPSA) is 103 Å². The first-order chi connectivity index (χ1) is 16.3. The van der Waals surface area contributed by atoms with E-state index < -0.39 is 10.0 Å². The van der Waals surface area contributed by atoms with E-state index in [1.807, 2.05) is 4.90 Å². The number of piperidine rings is 1. The monoisotopic (exact) mass is 488 g/mol. The number of furan rings is 1. The first-order valence-electron chi connectivity index (χ1n) is 11.8. The molecule has 0 atom stereocenters. The molecular formula is C24H32N4O5S. The van der Waals surface area contributed by atoms with Gasteiger partial charge in [-0.25, -0.2) is 13.1 Å². The summed E-state index contributed by atoms with van der Waals surface area (Å²) in [5.74, 6) is 0.474. The zero-order chi connectivity index (χ0) is 24.1. The normalized spacial score (nSPS) is 17.7. The minimum Gasteiger partial charge on any atom is -0.468 e. The maximum absolute atomic E-state index is 13.2. The van der Waals surface area contributed by atoms with Gasteiger partial charge in [-0.15, -0.1) is 0 Å². The molecule has 2 aromatic rings. The lowest BCUT2D eigenvalue weighted by atomic mass is 10.1. The van der Waals surface area contributed by atoms with Crippen molar-refractivity contribution in [2.45, 2.75) is 37.6 Å². The number of piperazine rings is 1. The Morgan fingerprint density at radius 3 is 2.38 bits per heavy atom. The molecule has 2 fully saturated rings. The van der Waals surface area contributed by atoms with Gasteiger partial charge in [-0.1, -0.05) is 6.07 Å². The number of carbonyl (C=O) groups excluding carboxylic acids is 2. The molecule has 1 aromatic heterocycles. The van der Waals surface area contributed by atoms with Crippen molar-refractivity contribution in [2.24, 2.45) is 0 Å². The summed E-state index contributed by atoms with van der Waals surface area (Å²) in [5, 5.41) is 0. The van der Waals surface area contributed by atoms with E-state index in [0.717, 1.165) is 31.5 Å². The van der Waals surface area contributed by atoms with Gasteiger partial charge in [-0.05, 0) is 56.0 Å². The van der Waals surface area contributed by atoms with Crippen LogP contribution in [-0.2, 0) is 21.4 Å². The quantitative estimate of drug-likeness (QED) is 0.638. The second-order valence-electron chi connectivity index (χ2n) is 8.89. The summed E-state index contributed by atoms with van der Waals surface area (Å²) >= 11 is 0. The summed E-state index contributed by atoms with van der Waals surface area (Å²) in [6, 6.07) is 7.97. The van der Waals surface area contributed by atoms with Crippen molar-refractivity contribution in [1.29, 1.82) is 0 Å². The molecule has 184 valence electrons. The number of sulfonamides is 1. The number of nitrogens with zero attached hydrogens (tertiary/aromatic N) is 3. The summed E-state index contributed by atoms with van der Waals surface area (Å²) in [6.45, 7) is 6.13. The Hall–Kier alpha value is -2.69. The molecule has 3 heterocycles. The zero-order valence-corrected chi connectivity index (χ0v) is 20.3.